The summed E-state index contributed by atoms with van der Waals surface area (Å²) in [5.74, 6) is 4.01. The molecule has 8 aromatic rings. The number of piperidine rings is 2. The van der Waals surface area contributed by atoms with Crippen molar-refractivity contribution in [2.45, 2.75) is 49.9 Å². The van der Waals surface area contributed by atoms with Crippen molar-refractivity contribution < 1.29 is 14.3 Å². The molecule has 0 bridgehead atoms. The van der Waals surface area contributed by atoms with Crippen molar-refractivity contribution in [2.75, 3.05) is 78.9 Å². The smallest absolute Gasteiger partial charge is 0.169 e. The SMILES string of the molecule is CN(C)CC(C(=O)C(CN(C)C)N1CCC(n2nc(-c3ccc(Oc4ccccc4)cc3)c3c(N)ncnc32)CC1)N1CCC(n2nc(-c3ccc(Oc4ccccc4)cc3)c3c(N)ncnc32)CC1. The maximum absolute atomic E-state index is 15.2. The normalized spacial score (nSPS) is 16.3. The molecular formula is C53H60N14O3. The van der Waals surface area contributed by atoms with Crippen LogP contribution in [0.1, 0.15) is 37.8 Å². The molecule has 2 atom stereocenters. The summed E-state index contributed by atoms with van der Waals surface area (Å²) in [5.41, 5.74) is 17.8. The fraction of sp³-hybridized carbons (Fsp3) is 0.340. The number of hydrogen-bond donors (Lipinski definition) is 2. The summed E-state index contributed by atoms with van der Waals surface area (Å²) in [6.07, 6.45) is 6.20. The molecule has 2 saturated heterocycles. The Kier molecular flexibility index (Phi) is 13.5. The van der Waals surface area contributed by atoms with Gasteiger partial charge in [-0.3, -0.25) is 14.6 Å². The lowest BCUT2D eigenvalue weighted by atomic mass is 9.95. The van der Waals surface area contributed by atoms with E-state index in [0.29, 0.717) is 36.0 Å². The molecule has 0 saturated carbocycles. The van der Waals surface area contributed by atoms with Crippen LogP contribution in [0.3, 0.4) is 0 Å². The number of Topliss-reactive ketones (excluding diaryl/α,β-unsaturated/α-hetero) is 1. The highest BCUT2D eigenvalue weighted by Crippen LogP contribution is 2.38. The van der Waals surface area contributed by atoms with E-state index in [1.807, 2.05) is 147 Å². The number of carbonyl (C=O) groups excluding carboxylic acids is 1. The first kappa shape index (κ1) is 46.4. The van der Waals surface area contributed by atoms with Crippen LogP contribution in [-0.2, 0) is 4.79 Å². The van der Waals surface area contributed by atoms with Crippen molar-refractivity contribution in [3.63, 3.8) is 0 Å². The molecule has 70 heavy (non-hydrogen) atoms. The third kappa shape index (κ3) is 9.78. The number of para-hydroxylation sites is 2. The number of benzene rings is 4. The third-order valence-electron chi connectivity index (χ3n) is 13.6. The molecule has 0 radical (unpaired) electrons. The van der Waals surface area contributed by atoms with Crippen LogP contribution in [0.4, 0.5) is 11.6 Å². The van der Waals surface area contributed by atoms with E-state index in [1.54, 1.807) is 0 Å². The van der Waals surface area contributed by atoms with Gasteiger partial charge in [0.25, 0.3) is 0 Å². The number of ether oxygens (including phenoxy) is 2. The summed E-state index contributed by atoms with van der Waals surface area (Å²) in [5, 5.41) is 11.8. The Balaban J connectivity index is 0.836. The van der Waals surface area contributed by atoms with Crippen molar-refractivity contribution in [1.29, 1.82) is 0 Å². The van der Waals surface area contributed by atoms with Gasteiger partial charge in [-0.1, -0.05) is 36.4 Å². The number of rotatable bonds is 16. The number of nitrogen functional groups attached to an aromatic ring is 2. The van der Waals surface area contributed by atoms with Crippen molar-refractivity contribution in [3.8, 4) is 45.5 Å². The van der Waals surface area contributed by atoms with Crippen molar-refractivity contribution in [3.05, 3.63) is 122 Å². The Bertz CT molecular complexity index is 2830. The number of carbonyl (C=O) groups is 1. The van der Waals surface area contributed by atoms with Gasteiger partial charge in [0.05, 0.1) is 34.9 Å². The maximum Gasteiger partial charge on any atom is 0.169 e. The summed E-state index contributed by atoms with van der Waals surface area (Å²) < 4.78 is 16.2. The summed E-state index contributed by atoms with van der Waals surface area (Å²) in [6, 6.07) is 34.7. The second-order valence-electron chi connectivity index (χ2n) is 18.9. The highest BCUT2D eigenvalue weighted by molar-refractivity contribution is 5.99. The Morgan fingerprint density at radius 2 is 0.900 bits per heavy atom. The Labute approximate surface area is 407 Å². The molecule has 10 rings (SSSR count). The molecule has 0 spiro atoms. The lowest BCUT2D eigenvalue weighted by molar-refractivity contribution is -0.132. The second kappa shape index (κ2) is 20.3. The zero-order chi connectivity index (χ0) is 48.3. The van der Waals surface area contributed by atoms with E-state index in [-0.39, 0.29) is 30.0 Å². The molecule has 2 fully saturated rings. The molecule has 4 aromatic heterocycles. The second-order valence-corrected chi connectivity index (χ2v) is 18.9. The van der Waals surface area contributed by atoms with Gasteiger partial charge in [-0.2, -0.15) is 10.2 Å². The zero-order valence-electron chi connectivity index (χ0n) is 40.2. The predicted molar refractivity (Wildman–Crippen MR) is 273 cm³/mol. The van der Waals surface area contributed by atoms with Crippen LogP contribution in [0.5, 0.6) is 23.0 Å². The van der Waals surface area contributed by atoms with Crippen molar-refractivity contribution in [2.24, 2.45) is 0 Å². The lowest BCUT2D eigenvalue weighted by Crippen LogP contribution is -2.59. The van der Waals surface area contributed by atoms with E-state index in [0.717, 1.165) is 108 Å². The fourth-order valence-electron chi connectivity index (χ4n) is 10.1. The van der Waals surface area contributed by atoms with Gasteiger partial charge in [-0.25, -0.2) is 29.3 Å². The monoisotopic (exact) mass is 940 g/mol. The largest absolute Gasteiger partial charge is 0.457 e. The van der Waals surface area contributed by atoms with E-state index in [9.17, 15) is 0 Å². The lowest BCUT2D eigenvalue weighted by Gasteiger charge is -2.43. The number of ketones is 1. The first-order valence-electron chi connectivity index (χ1n) is 24.0. The van der Waals surface area contributed by atoms with E-state index >= 15 is 4.79 Å². The number of aromatic nitrogens is 8. The Hall–Kier alpha value is -7.31. The van der Waals surface area contributed by atoms with E-state index in [2.05, 4.69) is 29.6 Å². The van der Waals surface area contributed by atoms with Crippen LogP contribution in [0.15, 0.2) is 122 Å². The predicted octanol–water partition coefficient (Wildman–Crippen LogP) is 7.45. The molecular weight excluding hydrogens is 881 g/mol. The number of hydrogen-bond acceptors (Lipinski definition) is 15. The summed E-state index contributed by atoms with van der Waals surface area (Å²) in [7, 11) is 8.20. The summed E-state index contributed by atoms with van der Waals surface area (Å²) in [6.45, 7) is 4.17. The van der Waals surface area contributed by atoms with Gasteiger partial charge in [-0.15, -0.1) is 0 Å². The molecule has 2 aliphatic heterocycles. The minimum atomic E-state index is -0.292. The fourth-order valence-corrected chi connectivity index (χ4v) is 10.1. The topological polar surface area (TPSA) is 188 Å². The van der Waals surface area contributed by atoms with Gasteiger partial charge < -0.3 is 30.7 Å². The zero-order valence-corrected chi connectivity index (χ0v) is 40.2. The maximum atomic E-state index is 15.2. The first-order chi connectivity index (χ1) is 34.1. The van der Waals surface area contributed by atoms with Gasteiger partial charge in [0.2, 0.25) is 0 Å². The highest BCUT2D eigenvalue weighted by atomic mass is 16.5. The average Bonchev–Trinajstić information content (AvgIpc) is 3.97. The number of nitrogens with two attached hydrogens (primary N) is 2. The van der Waals surface area contributed by atoms with Crippen LogP contribution in [-0.4, -0.2) is 144 Å². The van der Waals surface area contributed by atoms with Gasteiger partial charge in [0.15, 0.2) is 17.1 Å². The molecule has 0 amide bonds. The van der Waals surface area contributed by atoms with Gasteiger partial charge >= 0.3 is 0 Å². The molecule has 2 aliphatic rings. The van der Waals surface area contributed by atoms with Gasteiger partial charge in [0, 0.05) is 50.4 Å². The highest BCUT2D eigenvalue weighted by Gasteiger charge is 2.39. The summed E-state index contributed by atoms with van der Waals surface area (Å²) in [4.78, 5) is 42.3. The molecule has 17 nitrogen and oxygen atoms in total. The molecule has 4 N–H and O–H groups in total. The third-order valence-corrected chi connectivity index (χ3v) is 13.6. The van der Waals surface area contributed by atoms with Crippen LogP contribution in [0, 0.1) is 0 Å². The molecule has 0 aliphatic carbocycles. The number of likely N-dealkylation sites (tertiary alicyclic amines) is 2. The molecule has 360 valence electrons. The standard InChI is InChI=1S/C53H60N14O3/c1-62(2)31-43(64-27-23-37(24-28-64)66-52-45(50(54)56-33-58-52)47(60-66)35-15-19-41(20-16-35)69-39-11-7-5-8-12-39)49(68)44(32-63(3)4)65-29-25-38(26-30-65)67-53-46(51(55)57-34-59-53)48(61-67)36-17-21-42(22-18-36)70-40-13-9-6-10-14-40/h5-22,33-34,37-38,43-44H,23-32H2,1-4H3,(H2,54,56,58)(H2,55,57,59). The number of fused-ring (bicyclic) bond motifs is 2. The number of nitrogens with zero attached hydrogens (tertiary/aromatic N) is 12. The minimum Gasteiger partial charge on any atom is -0.457 e. The minimum absolute atomic E-state index is 0.0572. The molecule has 6 heterocycles. The van der Waals surface area contributed by atoms with Crippen LogP contribution < -0.4 is 20.9 Å². The Morgan fingerprint density at radius 1 is 0.543 bits per heavy atom. The van der Waals surface area contributed by atoms with E-state index < -0.39 is 0 Å². The van der Waals surface area contributed by atoms with E-state index in [1.165, 1.54) is 12.7 Å². The molecule has 4 aromatic carbocycles. The van der Waals surface area contributed by atoms with Crippen LogP contribution >= 0.6 is 0 Å². The molecule has 2 unspecified atom stereocenters. The first-order valence-corrected chi connectivity index (χ1v) is 24.0. The quantitative estimate of drug-likeness (QED) is 0.0972. The molecule has 17 heteroatoms. The number of anilines is 2. The number of likely N-dealkylation sites (N-methyl/N-ethyl adjacent to an activating group) is 2. The van der Waals surface area contributed by atoms with Crippen LogP contribution in [0.2, 0.25) is 0 Å². The Morgan fingerprint density at radius 3 is 1.26 bits per heavy atom. The summed E-state index contributed by atoms with van der Waals surface area (Å²) >= 11 is 0. The van der Waals surface area contributed by atoms with Gasteiger partial charge in [0.1, 0.15) is 58.7 Å². The van der Waals surface area contributed by atoms with E-state index in [4.69, 9.17) is 41.1 Å². The van der Waals surface area contributed by atoms with Crippen molar-refractivity contribution in [1.82, 2.24) is 59.1 Å². The van der Waals surface area contributed by atoms with Crippen LogP contribution in [0.25, 0.3) is 44.6 Å². The van der Waals surface area contributed by atoms with Gasteiger partial charge in [-0.05, 0) is 127 Å². The van der Waals surface area contributed by atoms with Crippen molar-refractivity contribution >= 4 is 39.5 Å². The average molecular weight is 941 g/mol.